The Kier molecular flexibility index (Phi) is 6.70. The van der Waals surface area contributed by atoms with Gasteiger partial charge in [-0.15, -0.1) is 0 Å². The van der Waals surface area contributed by atoms with Crippen LogP contribution < -0.4 is 5.32 Å². The van der Waals surface area contributed by atoms with E-state index in [-0.39, 0.29) is 18.5 Å². The van der Waals surface area contributed by atoms with Crippen LogP contribution in [-0.2, 0) is 9.59 Å². The number of rotatable bonds is 7. The highest BCUT2D eigenvalue weighted by Crippen LogP contribution is 2.01. The van der Waals surface area contributed by atoms with Crippen molar-refractivity contribution in [3.8, 4) is 0 Å². The first-order valence-corrected chi connectivity index (χ1v) is 5.17. The third-order valence-electron chi connectivity index (χ3n) is 2.33. The van der Waals surface area contributed by atoms with Crippen molar-refractivity contribution in [3.63, 3.8) is 0 Å². The number of carboxylic acids is 1. The molecule has 0 rings (SSSR count). The zero-order chi connectivity index (χ0) is 11.8. The second kappa shape index (κ2) is 7.23. The first-order valence-electron chi connectivity index (χ1n) is 5.17. The predicted molar refractivity (Wildman–Crippen MR) is 57.6 cm³/mol. The van der Waals surface area contributed by atoms with E-state index in [0.29, 0.717) is 13.1 Å². The van der Waals surface area contributed by atoms with Crippen molar-refractivity contribution in [2.75, 3.05) is 19.6 Å². The molecule has 0 aliphatic rings. The number of nitrogens with one attached hydrogen (secondary N) is 1. The molecule has 0 fully saturated rings. The monoisotopic (exact) mass is 216 g/mol. The maximum Gasteiger partial charge on any atom is 0.317 e. The Morgan fingerprint density at radius 1 is 1.47 bits per heavy atom. The molecule has 5 nitrogen and oxygen atoms in total. The number of hydrogen-bond donors (Lipinski definition) is 2. The minimum Gasteiger partial charge on any atom is -0.480 e. The molecule has 1 amide bonds. The van der Waals surface area contributed by atoms with E-state index in [4.69, 9.17) is 5.11 Å². The minimum atomic E-state index is -0.835. The molecule has 2 N–H and O–H groups in total. The van der Waals surface area contributed by atoms with Gasteiger partial charge in [-0.1, -0.05) is 6.92 Å². The van der Waals surface area contributed by atoms with E-state index in [2.05, 4.69) is 5.32 Å². The van der Waals surface area contributed by atoms with E-state index < -0.39 is 5.97 Å². The Bertz CT molecular complexity index is 219. The van der Waals surface area contributed by atoms with Gasteiger partial charge in [-0.3, -0.25) is 14.5 Å². The Labute approximate surface area is 90.5 Å². The molecule has 0 heterocycles. The fourth-order valence-corrected chi connectivity index (χ4v) is 1.26. The van der Waals surface area contributed by atoms with Crippen LogP contribution in [0.2, 0.25) is 0 Å². The molecule has 0 saturated heterocycles. The second-order valence-corrected chi connectivity index (χ2v) is 3.60. The van der Waals surface area contributed by atoms with Crippen LogP contribution in [0.25, 0.3) is 0 Å². The van der Waals surface area contributed by atoms with Crippen molar-refractivity contribution in [2.24, 2.45) is 0 Å². The van der Waals surface area contributed by atoms with E-state index in [1.165, 1.54) is 6.92 Å². The van der Waals surface area contributed by atoms with Crippen LogP contribution in [0.4, 0.5) is 0 Å². The molecule has 88 valence electrons. The fraction of sp³-hybridized carbons (Fsp3) is 0.800. The van der Waals surface area contributed by atoms with Gasteiger partial charge in [-0.05, 0) is 13.3 Å². The Morgan fingerprint density at radius 2 is 2.07 bits per heavy atom. The lowest BCUT2D eigenvalue weighted by atomic mass is 10.2. The van der Waals surface area contributed by atoms with E-state index in [9.17, 15) is 9.59 Å². The SMILES string of the molecule is CCC(C)N(CCNC(C)=O)CC(=O)O. The molecule has 0 aliphatic carbocycles. The van der Waals surface area contributed by atoms with Crippen LogP contribution in [-0.4, -0.2) is 47.6 Å². The molecule has 0 bridgehead atoms. The van der Waals surface area contributed by atoms with Crippen LogP contribution >= 0.6 is 0 Å². The number of carbonyl (C=O) groups excluding carboxylic acids is 1. The third-order valence-corrected chi connectivity index (χ3v) is 2.33. The predicted octanol–water partition coefficient (Wildman–Crippen LogP) is 0.308. The number of aliphatic carboxylic acids is 1. The van der Waals surface area contributed by atoms with E-state index >= 15 is 0 Å². The van der Waals surface area contributed by atoms with Gasteiger partial charge in [0.2, 0.25) is 5.91 Å². The van der Waals surface area contributed by atoms with Crippen molar-refractivity contribution < 1.29 is 14.7 Å². The van der Waals surface area contributed by atoms with Gasteiger partial charge in [0, 0.05) is 26.1 Å². The maximum absolute atomic E-state index is 10.6. The highest BCUT2D eigenvalue weighted by atomic mass is 16.4. The van der Waals surface area contributed by atoms with Crippen molar-refractivity contribution in [1.82, 2.24) is 10.2 Å². The quantitative estimate of drug-likeness (QED) is 0.642. The Balaban J connectivity index is 4.00. The molecule has 1 unspecified atom stereocenters. The lowest BCUT2D eigenvalue weighted by Crippen LogP contribution is -2.41. The van der Waals surface area contributed by atoms with Gasteiger partial charge in [0.1, 0.15) is 0 Å². The largest absolute Gasteiger partial charge is 0.480 e. The molecular weight excluding hydrogens is 196 g/mol. The standard InChI is InChI=1S/C10H20N2O3/c1-4-8(2)12(7-10(14)15)6-5-11-9(3)13/h8H,4-7H2,1-3H3,(H,11,13)(H,14,15). The highest BCUT2D eigenvalue weighted by molar-refractivity contribution is 5.72. The summed E-state index contributed by atoms with van der Waals surface area (Å²) in [6.07, 6.45) is 0.896. The Morgan fingerprint density at radius 3 is 2.47 bits per heavy atom. The summed E-state index contributed by atoms with van der Waals surface area (Å²) in [4.78, 5) is 23.1. The van der Waals surface area contributed by atoms with Gasteiger partial charge >= 0.3 is 5.97 Å². The summed E-state index contributed by atoms with van der Waals surface area (Å²) in [5.41, 5.74) is 0. The molecule has 15 heavy (non-hydrogen) atoms. The van der Waals surface area contributed by atoms with Gasteiger partial charge in [-0.2, -0.15) is 0 Å². The van der Waals surface area contributed by atoms with Gasteiger partial charge in [0.15, 0.2) is 0 Å². The molecule has 0 aromatic rings. The van der Waals surface area contributed by atoms with Crippen LogP contribution in [0.3, 0.4) is 0 Å². The van der Waals surface area contributed by atoms with Crippen molar-refractivity contribution in [3.05, 3.63) is 0 Å². The summed E-state index contributed by atoms with van der Waals surface area (Å²) in [5, 5.41) is 11.4. The number of hydrogen-bond acceptors (Lipinski definition) is 3. The minimum absolute atomic E-state index is 0.0224. The lowest BCUT2D eigenvalue weighted by Gasteiger charge is -2.26. The highest BCUT2D eigenvalue weighted by Gasteiger charge is 2.14. The number of amides is 1. The van der Waals surface area contributed by atoms with Crippen LogP contribution in [0.1, 0.15) is 27.2 Å². The first kappa shape index (κ1) is 13.9. The summed E-state index contributed by atoms with van der Waals surface area (Å²) in [7, 11) is 0. The topological polar surface area (TPSA) is 69.6 Å². The molecule has 0 aliphatic heterocycles. The Hall–Kier alpha value is -1.10. The van der Waals surface area contributed by atoms with E-state index in [1.54, 1.807) is 0 Å². The molecule has 0 saturated carbocycles. The van der Waals surface area contributed by atoms with Gasteiger partial charge in [0.05, 0.1) is 6.54 Å². The summed E-state index contributed by atoms with van der Waals surface area (Å²) >= 11 is 0. The van der Waals surface area contributed by atoms with Crippen LogP contribution in [0.5, 0.6) is 0 Å². The lowest BCUT2D eigenvalue weighted by molar-refractivity contribution is -0.138. The number of nitrogens with zero attached hydrogens (tertiary/aromatic N) is 1. The molecule has 1 atom stereocenters. The van der Waals surface area contributed by atoms with Crippen molar-refractivity contribution in [1.29, 1.82) is 0 Å². The molecule has 0 aromatic heterocycles. The molecular formula is C10H20N2O3. The fourth-order valence-electron chi connectivity index (χ4n) is 1.26. The molecule has 0 radical (unpaired) electrons. The van der Waals surface area contributed by atoms with Crippen LogP contribution in [0, 0.1) is 0 Å². The normalized spacial score (nSPS) is 12.5. The van der Waals surface area contributed by atoms with Gasteiger partial charge in [-0.25, -0.2) is 0 Å². The molecule has 0 spiro atoms. The number of carboxylic acid groups (broad SMARTS) is 1. The summed E-state index contributed by atoms with van der Waals surface area (Å²) in [5.74, 6) is -0.924. The van der Waals surface area contributed by atoms with E-state index in [1.807, 2.05) is 18.7 Å². The summed E-state index contributed by atoms with van der Waals surface area (Å²) < 4.78 is 0. The average molecular weight is 216 g/mol. The van der Waals surface area contributed by atoms with Crippen LogP contribution in [0.15, 0.2) is 0 Å². The number of carbonyl (C=O) groups is 2. The van der Waals surface area contributed by atoms with Gasteiger partial charge in [0.25, 0.3) is 0 Å². The zero-order valence-corrected chi connectivity index (χ0v) is 9.62. The zero-order valence-electron chi connectivity index (χ0n) is 9.62. The second-order valence-electron chi connectivity index (χ2n) is 3.60. The maximum atomic E-state index is 10.6. The smallest absolute Gasteiger partial charge is 0.317 e. The van der Waals surface area contributed by atoms with Crippen molar-refractivity contribution >= 4 is 11.9 Å². The van der Waals surface area contributed by atoms with Gasteiger partial charge < -0.3 is 10.4 Å². The van der Waals surface area contributed by atoms with Crippen molar-refractivity contribution in [2.45, 2.75) is 33.2 Å². The van der Waals surface area contributed by atoms with E-state index in [0.717, 1.165) is 6.42 Å². The summed E-state index contributed by atoms with van der Waals surface area (Å²) in [6, 6.07) is 0.217. The third kappa shape index (κ3) is 6.90. The average Bonchev–Trinajstić information content (AvgIpc) is 2.14. The first-order chi connectivity index (χ1) is 6.97. The molecule has 0 aromatic carbocycles. The molecule has 5 heteroatoms. The summed E-state index contributed by atoms with van der Waals surface area (Å²) in [6.45, 7) is 6.53.